The molecule has 2 aliphatic rings. The van der Waals surface area contributed by atoms with Crippen LogP contribution in [-0.4, -0.2) is 22.4 Å². The van der Waals surface area contributed by atoms with Gasteiger partial charge in [-0.2, -0.15) is 0 Å². The molecular formula is C11H13ClN2S. The van der Waals surface area contributed by atoms with Crippen molar-refractivity contribution in [1.82, 2.24) is 4.90 Å². The lowest BCUT2D eigenvalue weighted by Crippen LogP contribution is -2.20. The summed E-state index contributed by atoms with van der Waals surface area (Å²) in [5.41, 5.74) is 2.92. The molecule has 0 saturated carbocycles. The van der Waals surface area contributed by atoms with Gasteiger partial charge in [0.2, 0.25) is 0 Å². The fourth-order valence-corrected chi connectivity index (χ4v) is 2.84. The Labute approximate surface area is 100 Å². The van der Waals surface area contributed by atoms with Gasteiger partial charge in [0.1, 0.15) is 0 Å². The van der Waals surface area contributed by atoms with Crippen LogP contribution in [-0.2, 0) is 13.1 Å². The van der Waals surface area contributed by atoms with E-state index >= 15 is 0 Å². The van der Waals surface area contributed by atoms with E-state index in [0.29, 0.717) is 0 Å². The number of aliphatic imine (C=N–C) groups is 1. The van der Waals surface area contributed by atoms with Gasteiger partial charge < -0.3 is 4.90 Å². The summed E-state index contributed by atoms with van der Waals surface area (Å²) in [6.07, 6.45) is 0. The highest BCUT2D eigenvalue weighted by Crippen LogP contribution is 2.27. The van der Waals surface area contributed by atoms with Crippen molar-refractivity contribution in [2.75, 3.05) is 12.3 Å². The van der Waals surface area contributed by atoms with Crippen LogP contribution >= 0.6 is 24.2 Å². The Morgan fingerprint density at radius 3 is 2.33 bits per heavy atom. The lowest BCUT2D eigenvalue weighted by molar-refractivity contribution is 0.456. The van der Waals surface area contributed by atoms with Gasteiger partial charge in [-0.05, 0) is 11.1 Å². The van der Waals surface area contributed by atoms with Crippen LogP contribution in [0.25, 0.3) is 0 Å². The predicted molar refractivity (Wildman–Crippen MR) is 67.7 cm³/mol. The van der Waals surface area contributed by atoms with Gasteiger partial charge in [-0.25, -0.2) is 0 Å². The molecule has 4 heteroatoms. The maximum absolute atomic E-state index is 4.51. The first-order chi connectivity index (χ1) is 6.93. The van der Waals surface area contributed by atoms with Crippen LogP contribution in [0.4, 0.5) is 0 Å². The van der Waals surface area contributed by atoms with E-state index in [2.05, 4.69) is 34.2 Å². The Hall–Kier alpha value is -0.670. The monoisotopic (exact) mass is 240 g/mol. The number of fused-ring (bicyclic) bond motifs is 1. The minimum Gasteiger partial charge on any atom is -0.343 e. The standard InChI is InChI=1S/C11H12N2S.ClH/c1-2-4-10-8-13(7-9(10)3-1)11-12-5-6-14-11;/h1-4H,5-8H2;1H. The average Bonchev–Trinajstić information content (AvgIpc) is 2.86. The Morgan fingerprint density at radius 1 is 1.13 bits per heavy atom. The smallest absolute Gasteiger partial charge is 0.159 e. The maximum Gasteiger partial charge on any atom is 0.159 e. The van der Waals surface area contributed by atoms with Crippen LogP contribution in [0.3, 0.4) is 0 Å². The van der Waals surface area contributed by atoms with Crippen molar-refractivity contribution in [2.45, 2.75) is 13.1 Å². The number of hydrogen-bond acceptors (Lipinski definition) is 3. The molecule has 0 saturated heterocycles. The van der Waals surface area contributed by atoms with Crippen LogP contribution in [0.1, 0.15) is 11.1 Å². The summed E-state index contributed by atoms with van der Waals surface area (Å²) in [7, 11) is 0. The topological polar surface area (TPSA) is 15.6 Å². The Kier molecular flexibility index (Phi) is 3.22. The van der Waals surface area contributed by atoms with E-state index in [0.717, 1.165) is 25.4 Å². The third-order valence-electron chi connectivity index (χ3n) is 2.68. The minimum absolute atomic E-state index is 0. The molecule has 2 heterocycles. The lowest BCUT2D eigenvalue weighted by atomic mass is 10.1. The molecule has 2 aliphatic heterocycles. The van der Waals surface area contributed by atoms with Gasteiger partial charge in [0.05, 0.1) is 6.54 Å². The first kappa shape index (κ1) is 10.8. The molecule has 3 rings (SSSR count). The van der Waals surface area contributed by atoms with Crippen molar-refractivity contribution < 1.29 is 0 Å². The first-order valence-corrected chi connectivity index (χ1v) is 5.91. The molecule has 0 N–H and O–H groups in total. The Balaban J connectivity index is 0.000000853. The minimum atomic E-state index is 0. The molecule has 0 bridgehead atoms. The zero-order valence-corrected chi connectivity index (χ0v) is 9.98. The number of halogens is 1. The highest BCUT2D eigenvalue weighted by molar-refractivity contribution is 8.14. The van der Waals surface area contributed by atoms with Crippen molar-refractivity contribution in [2.24, 2.45) is 4.99 Å². The Bertz CT molecular complexity index is 367. The predicted octanol–water partition coefficient (Wildman–Crippen LogP) is 2.53. The highest BCUT2D eigenvalue weighted by Gasteiger charge is 2.23. The molecule has 0 aliphatic carbocycles. The lowest BCUT2D eigenvalue weighted by Gasteiger charge is -2.15. The van der Waals surface area contributed by atoms with E-state index in [1.807, 2.05) is 11.8 Å². The molecule has 0 amide bonds. The number of nitrogens with zero attached hydrogens (tertiary/aromatic N) is 2. The molecule has 0 spiro atoms. The molecular weight excluding hydrogens is 228 g/mol. The molecule has 2 nitrogen and oxygen atoms in total. The molecule has 1 aromatic rings. The van der Waals surface area contributed by atoms with E-state index < -0.39 is 0 Å². The van der Waals surface area contributed by atoms with Crippen molar-refractivity contribution in [3.8, 4) is 0 Å². The summed E-state index contributed by atoms with van der Waals surface area (Å²) < 4.78 is 0. The summed E-state index contributed by atoms with van der Waals surface area (Å²) >= 11 is 1.89. The molecule has 1 aromatic carbocycles. The van der Waals surface area contributed by atoms with Crippen LogP contribution in [0, 0.1) is 0 Å². The summed E-state index contributed by atoms with van der Waals surface area (Å²) in [6.45, 7) is 3.08. The van der Waals surface area contributed by atoms with Gasteiger partial charge in [-0.3, -0.25) is 4.99 Å². The van der Waals surface area contributed by atoms with Crippen LogP contribution in [0.5, 0.6) is 0 Å². The van der Waals surface area contributed by atoms with Gasteiger partial charge in [-0.15, -0.1) is 12.4 Å². The van der Waals surface area contributed by atoms with Crippen molar-refractivity contribution >= 4 is 29.3 Å². The normalized spacial score (nSPS) is 18.4. The molecule has 15 heavy (non-hydrogen) atoms. The number of thioether (sulfide) groups is 1. The van der Waals surface area contributed by atoms with Crippen molar-refractivity contribution in [3.63, 3.8) is 0 Å². The molecule has 0 fully saturated rings. The van der Waals surface area contributed by atoms with Crippen LogP contribution in [0.2, 0.25) is 0 Å². The average molecular weight is 241 g/mol. The van der Waals surface area contributed by atoms with Gasteiger partial charge in [-0.1, -0.05) is 36.0 Å². The zero-order chi connectivity index (χ0) is 9.38. The van der Waals surface area contributed by atoms with Gasteiger partial charge in [0, 0.05) is 18.8 Å². The van der Waals surface area contributed by atoms with Crippen molar-refractivity contribution in [3.05, 3.63) is 35.4 Å². The third kappa shape index (κ3) is 1.99. The summed E-state index contributed by atoms with van der Waals surface area (Å²) in [6, 6.07) is 8.67. The second kappa shape index (κ2) is 4.45. The van der Waals surface area contributed by atoms with E-state index in [-0.39, 0.29) is 12.4 Å². The SMILES string of the molecule is Cl.c1ccc2c(c1)CN(C1=NCCS1)C2. The fourth-order valence-electron chi connectivity index (χ4n) is 1.98. The number of rotatable bonds is 0. The van der Waals surface area contributed by atoms with E-state index in [1.165, 1.54) is 16.3 Å². The maximum atomic E-state index is 4.51. The quantitative estimate of drug-likeness (QED) is 0.693. The van der Waals surface area contributed by atoms with Gasteiger partial charge >= 0.3 is 0 Å². The van der Waals surface area contributed by atoms with E-state index in [1.54, 1.807) is 0 Å². The van der Waals surface area contributed by atoms with Crippen LogP contribution < -0.4 is 0 Å². The first-order valence-electron chi connectivity index (χ1n) is 4.92. The molecule has 0 unspecified atom stereocenters. The molecule has 80 valence electrons. The molecule has 0 radical (unpaired) electrons. The fraction of sp³-hybridized carbons (Fsp3) is 0.364. The molecule has 0 aromatic heterocycles. The van der Waals surface area contributed by atoms with Gasteiger partial charge in [0.15, 0.2) is 5.17 Å². The second-order valence-corrected chi connectivity index (χ2v) is 4.70. The summed E-state index contributed by atoms with van der Waals surface area (Å²) in [5, 5.41) is 1.24. The largest absolute Gasteiger partial charge is 0.343 e. The Morgan fingerprint density at radius 2 is 1.80 bits per heavy atom. The highest BCUT2D eigenvalue weighted by atomic mass is 35.5. The number of hydrogen-bond donors (Lipinski definition) is 0. The zero-order valence-electron chi connectivity index (χ0n) is 8.35. The van der Waals surface area contributed by atoms with E-state index in [9.17, 15) is 0 Å². The van der Waals surface area contributed by atoms with Crippen molar-refractivity contribution in [1.29, 1.82) is 0 Å². The van der Waals surface area contributed by atoms with Crippen LogP contribution in [0.15, 0.2) is 29.3 Å². The second-order valence-electron chi connectivity index (χ2n) is 3.64. The summed E-state index contributed by atoms with van der Waals surface area (Å²) in [4.78, 5) is 6.88. The molecule has 0 atom stereocenters. The van der Waals surface area contributed by atoms with E-state index in [4.69, 9.17) is 0 Å². The van der Waals surface area contributed by atoms with Gasteiger partial charge in [0.25, 0.3) is 0 Å². The number of amidine groups is 1. The summed E-state index contributed by atoms with van der Waals surface area (Å²) in [5.74, 6) is 1.15. The third-order valence-corrected chi connectivity index (χ3v) is 3.71. The number of benzene rings is 1.